The van der Waals surface area contributed by atoms with Crippen LogP contribution in [0.2, 0.25) is 0 Å². The predicted molar refractivity (Wildman–Crippen MR) is 92.9 cm³/mol. The minimum Gasteiger partial charge on any atom is -0.347 e. The fraction of sp³-hybridized carbons (Fsp3) is 0.438. The van der Waals surface area contributed by atoms with E-state index in [1.807, 2.05) is 12.1 Å². The van der Waals surface area contributed by atoms with Crippen molar-refractivity contribution in [1.29, 1.82) is 0 Å². The summed E-state index contributed by atoms with van der Waals surface area (Å²) < 4.78 is 0.764. The monoisotopic (exact) mass is 383 g/mol. The number of halogens is 1. The first-order chi connectivity index (χ1) is 10.6. The van der Waals surface area contributed by atoms with E-state index in [0.29, 0.717) is 5.69 Å². The van der Waals surface area contributed by atoms with Gasteiger partial charge in [0, 0.05) is 16.9 Å². The third kappa shape index (κ3) is 6.40. The van der Waals surface area contributed by atoms with Gasteiger partial charge in [-0.1, -0.05) is 32.9 Å². The quantitative estimate of drug-likeness (QED) is 0.815. The Morgan fingerprint density at radius 1 is 1.17 bits per heavy atom. The molecule has 0 aliphatic carbocycles. The molecule has 0 saturated carbocycles. The Kier molecular flexibility index (Phi) is 6.75. The van der Waals surface area contributed by atoms with Gasteiger partial charge in [0.2, 0.25) is 17.7 Å². The molecule has 0 aromatic heterocycles. The zero-order chi connectivity index (χ0) is 17.6. The number of nitrogens with zero attached hydrogens (tertiary/aromatic N) is 1. The number of carbonyl (C=O) groups excluding carboxylic acids is 3. The third-order valence-electron chi connectivity index (χ3n) is 3.04. The molecule has 0 bridgehead atoms. The van der Waals surface area contributed by atoms with Gasteiger partial charge in [0.15, 0.2) is 0 Å². The zero-order valence-corrected chi connectivity index (χ0v) is 15.4. The summed E-state index contributed by atoms with van der Waals surface area (Å²) in [6, 6.07) is 7.21. The van der Waals surface area contributed by atoms with Gasteiger partial charge in [-0.3, -0.25) is 14.4 Å². The summed E-state index contributed by atoms with van der Waals surface area (Å²) >= 11 is 3.34. The van der Waals surface area contributed by atoms with Crippen molar-refractivity contribution >= 4 is 39.3 Å². The summed E-state index contributed by atoms with van der Waals surface area (Å²) in [5.41, 5.74) is 0.0786. The number of hydrogen-bond acceptors (Lipinski definition) is 3. The van der Waals surface area contributed by atoms with Crippen LogP contribution in [0.1, 0.15) is 20.8 Å². The number of rotatable bonds is 5. The van der Waals surface area contributed by atoms with Crippen molar-refractivity contribution < 1.29 is 14.4 Å². The molecule has 1 rings (SSSR count). The summed E-state index contributed by atoms with van der Waals surface area (Å²) in [5, 5.41) is 5.28. The maximum Gasteiger partial charge on any atom is 0.244 e. The first-order valence-corrected chi connectivity index (χ1v) is 7.97. The number of nitrogens with one attached hydrogen (secondary N) is 2. The van der Waals surface area contributed by atoms with Crippen LogP contribution in [-0.2, 0) is 14.4 Å². The van der Waals surface area contributed by atoms with Gasteiger partial charge in [0.05, 0.1) is 18.8 Å². The maximum atomic E-state index is 12.0. The van der Waals surface area contributed by atoms with E-state index in [1.165, 1.54) is 11.9 Å². The molecule has 0 spiro atoms. The summed E-state index contributed by atoms with van der Waals surface area (Å²) in [6.45, 7) is 5.07. The molecule has 0 unspecified atom stereocenters. The molecule has 6 nitrogen and oxygen atoms in total. The van der Waals surface area contributed by atoms with Crippen molar-refractivity contribution in [3.05, 3.63) is 28.7 Å². The highest BCUT2D eigenvalue weighted by atomic mass is 79.9. The summed E-state index contributed by atoms with van der Waals surface area (Å²) in [6.07, 6.45) is 0. The van der Waals surface area contributed by atoms with E-state index in [0.717, 1.165) is 4.47 Å². The van der Waals surface area contributed by atoms with Gasteiger partial charge in [0.1, 0.15) is 0 Å². The lowest BCUT2D eigenvalue weighted by Gasteiger charge is -2.20. The van der Waals surface area contributed by atoms with Crippen molar-refractivity contribution in [2.75, 3.05) is 25.5 Å². The van der Waals surface area contributed by atoms with Crippen LogP contribution >= 0.6 is 15.9 Å². The summed E-state index contributed by atoms with van der Waals surface area (Å²) in [7, 11) is 1.52. The molecule has 23 heavy (non-hydrogen) atoms. The number of amides is 3. The minimum atomic E-state index is -0.560. The Bertz CT molecular complexity index is 596. The van der Waals surface area contributed by atoms with E-state index in [9.17, 15) is 14.4 Å². The highest BCUT2D eigenvalue weighted by molar-refractivity contribution is 9.10. The minimum absolute atomic E-state index is 0.0917. The lowest BCUT2D eigenvalue weighted by Crippen LogP contribution is -2.44. The molecule has 0 aliphatic heterocycles. The Morgan fingerprint density at radius 3 is 2.35 bits per heavy atom. The first-order valence-electron chi connectivity index (χ1n) is 7.18. The third-order valence-corrected chi connectivity index (χ3v) is 3.73. The molecule has 0 aliphatic rings. The lowest BCUT2D eigenvalue weighted by molar-refractivity contribution is -0.135. The summed E-state index contributed by atoms with van der Waals surface area (Å²) in [4.78, 5) is 36.9. The molecular formula is C16H22BrN3O3. The van der Waals surface area contributed by atoms with Crippen LogP contribution in [0.4, 0.5) is 5.69 Å². The highest BCUT2D eigenvalue weighted by Crippen LogP contribution is 2.20. The van der Waals surface area contributed by atoms with Crippen molar-refractivity contribution in [3.63, 3.8) is 0 Å². The van der Waals surface area contributed by atoms with Crippen LogP contribution in [0.25, 0.3) is 0 Å². The molecule has 0 saturated heterocycles. The van der Waals surface area contributed by atoms with E-state index in [2.05, 4.69) is 26.6 Å². The Morgan fingerprint density at radius 2 is 1.78 bits per heavy atom. The smallest absolute Gasteiger partial charge is 0.244 e. The molecule has 7 heteroatoms. The molecule has 126 valence electrons. The number of anilines is 1. The van der Waals surface area contributed by atoms with Crippen molar-refractivity contribution in [3.8, 4) is 0 Å². The Labute approximate surface area is 144 Å². The van der Waals surface area contributed by atoms with Crippen molar-refractivity contribution in [2.45, 2.75) is 20.8 Å². The van der Waals surface area contributed by atoms with E-state index < -0.39 is 5.41 Å². The van der Waals surface area contributed by atoms with Gasteiger partial charge >= 0.3 is 0 Å². The van der Waals surface area contributed by atoms with E-state index in [-0.39, 0.29) is 30.8 Å². The van der Waals surface area contributed by atoms with Gasteiger partial charge in [-0.05, 0) is 28.1 Å². The molecule has 3 amide bonds. The average molecular weight is 384 g/mol. The number of para-hydroxylation sites is 1. The predicted octanol–water partition coefficient (Wildman–Crippen LogP) is 2.01. The fourth-order valence-electron chi connectivity index (χ4n) is 1.61. The molecular weight excluding hydrogens is 362 g/mol. The second kappa shape index (κ2) is 8.10. The van der Waals surface area contributed by atoms with Crippen LogP contribution in [0, 0.1) is 5.41 Å². The zero-order valence-electron chi connectivity index (χ0n) is 13.8. The van der Waals surface area contributed by atoms with Gasteiger partial charge in [-0.15, -0.1) is 0 Å². The molecule has 0 atom stereocenters. The van der Waals surface area contributed by atoms with E-state index in [4.69, 9.17) is 0 Å². The van der Waals surface area contributed by atoms with Gasteiger partial charge in [-0.25, -0.2) is 0 Å². The van der Waals surface area contributed by atoms with Gasteiger partial charge in [-0.2, -0.15) is 0 Å². The number of benzene rings is 1. The van der Waals surface area contributed by atoms with Crippen LogP contribution in [0.3, 0.4) is 0 Å². The molecule has 0 fully saturated rings. The lowest BCUT2D eigenvalue weighted by atomic mass is 9.96. The number of likely N-dealkylation sites (N-methyl/N-ethyl adjacent to an activating group) is 1. The fourth-order valence-corrected chi connectivity index (χ4v) is 2.00. The standard InChI is InChI=1S/C16H22BrN3O3/c1-16(2,3)15(23)18-9-14(22)20(4)10-13(21)19-12-8-6-5-7-11(12)17/h5-8H,9-10H2,1-4H3,(H,18,23)(H,19,21). The van der Waals surface area contributed by atoms with E-state index in [1.54, 1.807) is 32.9 Å². The Hall–Kier alpha value is -1.89. The summed E-state index contributed by atoms with van der Waals surface area (Å²) in [5.74, 6) is -0.850. The Balaban J connectivity index is 2.47. The molecule has 1 aromatic carbocycles. The van der Waals surface area contributed by atoms with Crippen LogP contribution in [0.5, 0.6) is 0 Å². The maximum absolute atomic E-state index is 12.0. The van der Waals surface area contributed by atoms with Crippen LogP contribution < -0.4 is 10.6 Å². The molecule has 2 N–H and O–H groups in total. The highest BCUT2D eigenvalue weighted by Gasteiger charge is 2.22. The molecule has 0 heterocycles. The van der Waals surface area contributed by atoms with E-state index >= 15 is 0 Å². The molecule has 0 radical (unpaired) electrons. The molecule has 1 aromatic rings. The topological polar surface area (TPSA) is 78.5 Å². The largest absolute Gasteiger partial charge is 0.347 e. The van der Waals surface area contributed by atoms with Crippen molar-refractivity contribution in [1.82, 2.24) is 10.2 Å². The first kappa shape index (κ1) is 19.2. The number of hydrogen-bond donors (Lipinski definition) is 2. The van der Waals surface area contributed by atoms with Crippen LogP contribution in [-0.4, -0.2) is 42.8 Å². The second-order valence-corrected chi connectivity index (χ2v) is 7.06. The SMILES string of the molecule is CN(CC(=O)Nc1ccccc1Br)C(=O)CNC(=O)C(C)(C)C. The van der Waals surface area contributed by atoms with Crippen molar-refractivity contribution in [2.24, 2.45) is 5.41 Å². The van der Waals surface area contributed by atoms with Crippen LogP contribution in [0.15, 0.2) is 28.7 Å². The van der Waals surface area contributed by atoms with Gasteiger partial charge in [0.25, 0.3) is 0 Å². The van der Waals surface area contributed by atoms with Gasteiger partial charge < -0.3 is 15.5 Å². The average Bonchev–Trinajstić information content (AvgIpc) is 2.45. The normalized spacial score (nSPS) is 10.8. The second-order valence-electron chi connectivity index (χ2n) is 6.21. The number of carbonyl (C=O) groups is 3.